The Morgan fingerprint density at radius 3 is 1.81 bits per heavy atom. The van der Waals surface area contributed by atoms with Crippen molar-refractivity contribution in [1.82, 2.24) is 0 Å². The van der Waals surface area contributed by atoms with Gasteiger partial charge in [-0.1, -0.05) is 78.9 Å². The number of rotatable bonds is 8. The maximum Gasteiger partial charge on any atom is 0.365 e. The van der Waals surface area contributed by atoms with Crippen LogP contribution in [0, 0.1) is 10.2 Å². The van der Waals surface area contributed by atoms with Crippen LogP contribution < -0.4 is 28.3 Å². The van der Waals surface area contributed by atoms with Gasteiger partial charge < -0.3 is 14.4 Å². The number of methoxy groups -OCH3 is 1. The Morgan fingerprint density at radius 2 is 1.28 bits per heavy atom. The first-order chi connectivity index (χ1) is 22.7. The fraction of sp³-hybridized carbons (Fsp3) is 0.132. The molecule has 8 nitrogen and oxygen atoms in total. The fourth-order valence-electron chi connectivity index (χ4n) is 5.35. The average molecular weight is 652 g/mol. The van der Waals surface area contributed by atoms with Crippen LogP contribution in [0.2, 0.25) is 0 Å². The van der Waals surface area contributed by atoms with E-state index in [0.717, 1.165) is 80.2 Å². The van der Waals surface area contributed by atoms with Crippen LogP contribution in [0.4, 0.5) is 5.69 Å². The Hall–Kier alpha value is -4.96. The minimum atomic E-state index is -4.94. The largest absolute Gasteiger partial charge is 0.496 e. The zero-order valence-electron chi connectivity index (χ0n) is 26.2. The van der Waals surface area contributed by atoms with Crippen molar-refractivity contribution in [3.05, 3.63) is 144 Å². The van der Waals surface area contributed by atoms with Gasteiger partial charge in [-0.05, 0) is 55.8 Å². The zero-order chi connectivity index (χ0) is 33.4. The van der Waals surface area contributed by atoms with Crippen molar-refractivity contribution >= 4 is 45.2 Å². The molecule has 2 heterocycles. The minimum absolute atomic E-state index is 0.766. The molecule has 0 aliphatic carbocycles. The molecule has 1 aliphatic heterocycles. The third-order valence-corrected chi connectivity index (χ3v) is 7.57. The smallest absolute Gasteiger partial charge is 0.365 e. The molecule has 0 atom stereocenters. The molecule has 6 rings (SSSR count). The van der Waals surface area contributed by atoms with Gasteiger partial charge in [0.05, 0.1) is 30.0 Å². The van der Waals surface area contributed by atoms with E-state index in [2.05, 4.69) is 97.7 Å². The van der Waals surface area contributed by atoms with Crippen LogP contribution in [0.3, 0.4) is 0 Å². The maximum absolute atomic E-state index is 8.49. The summed E-state index contributed by atoms with van der Waals surface area (Å²) in [7, 11) is -3.27. The van der Waals surface area contributed by atoms with Crippen molar-refractivity contribution in [3.63, 3.8) is 0 Å². The predicted molar refractivity (Wildman–Crippen MR) is 175 cm³/mol. The SMILES string of the molecule is CCN(CC)c1ccc2c(/C=C/C=C3C=C(c4ccccc4)OC(c4ccccc4)=C3)c3ccc(OC)cc3[o+]c2c1.[O-][Cl+3]([O-])([O-])[O-]. The van der Waals surface area contributed by atoms with Crippen LogP contribution >= 0.6 is 0 Å². The number of anilines is 1. The highest BCUT2D eigenvalue weighted by Gasteiger charge is 2.20. The topological polar surface area (TPSA) is 125 Å². The highest BCUT2D eigenvalue weighted by Crippen LogP contribution is 2.35. The number of benzene rings is 4. The van der Waals surface area contributed by atoms with E-state index in [1.54, 1.807) is 7.11 Å². The summed E-state index contributed by atoms with van der Waals surface area (Å²) in [6.45, 7) is 6.21. The zero-order valence-corrected chi connectivity index (χ0v) is 27.0. The van der Waals surface area contributed by atoms with Crippen LogP contribution in [0.5, 0.6) is 5.75 Å². The van der Waals surface area contributed by atoms with Gasteiger partial charge in [0.15, 0.2) is 0 Å². The molecule has 0 N–H and O–H groups in total. The average Bonchev–Trinajstić information content (AvgIpc) is 3.08. The van der Waals surface area contributed by atoms with Crippen LogP contribution in [0.25, 0.3) is 39.5 Å². The van der Waals surface area contributed by atoms with Crippen molar-refractivity contribution < 1.29 is 42.8 Å². The normalized spacial score (nSPS) is 13.0. The van der Waals surface area contributed by atoms with Crippen molar-refractivity contribution in [2.75, 3.05) is 25.1 Å². The van der Waals surface area contributed by atoms with Crippen molar-refractivity contribution in [1.29, 1.82) is 0 Å². The lowest BCUT2D eigenvalue weighted by Crippen LogP contribution is -2.68. The summed E-state index contributed by atoms with van der Waals surface area (Å²) in [5.74, 6) is 2.41. The Bertz CT molecular complexity index is 1900. The minimum Gasteiger partial charge on any atom is -0.496 e. The molecule has 0 spiro atoms. The first-order valence-electron chi connectivity index (χ1n) is 15.0. The molecule has 47 heavy (non-hydrogen) atoms. The molecule has 1 aliphatic rings. The van der Waals surface area contributed by atoms with Gasteiger partial charge in [0, 0.05) is 35.5 Å². The van der Waals surface area contributed by atoms with Crippen molar-refractivity contribution in [2.45, 2.75) is 13.8 Å². The van der Waals surface area contributed by atoms with Gasteiger partial charge in [0.2, 0.25) is 0 Å². The van der Waals surface area contributed by atoms with E-state index < -0.39 is 10.2 Å². The number of halogens is 1. The molecule has 240 valence electrons. The Labute approximate surface area is 275 Å². The van der Waals surface area contributed by atoms with Crippen LogP contribution in [0.1, 0.15) is 30.5 Å². The first-order valence-corrected chi connectivity index (χ1v) is 16.2. The molecule has 0 bridgehead atoms. The molecule has 0 radical (unpaired) electrons. The summed E-state index contributed by atoms with van der Waals surface area (Å²) in [5.41, 5.74) is 7.00. The molecule has 9 heteroatoms. The lowest BCUT2D eigenvalue weighted by molar-refractivity contribution is -2.00. The molecule has 0 amide bonds. The molecule has 4 aromatic carbocycles. The molecule has 5 aromatic rings. The molecule has 0 fully saturated rings. The number of allylic oxidation sites excluding steroid dienone is 5. The second-order valence-electron chi connectivity index (χ2n) is 10.5. The van der Waals surface area contributed by atoms with E-state index in [1.165, 1.54) is 0 Å². The Balaban J connectivity index is 0.000000807. The molecule has 0 unspecified atom stereocenters. The van der Waals surface area contributed by atoms with E-state index in [1.807, 2.05) is 48.5 Å². The van der Waals surface area contributed by atoms with Gasteiger partial charge in [0.25, 0.3) is 0 Å². The Morgan fingerprint density at radius 1 is 0.745 bits per heavy atom. The monoisotopic (exact) mass is 651 g/mol. The van der Waals surface area contributed by atoms with Crippen molar-refractivity contribution in [3.8, 4) is 5.75 Å². The van der Waals surface area contributed by atoms with Gasteiger partial charge >= 0.3 is 11.2 Å². The first kappa shape index (κ1) is 33.4. The van der Waals surface area contributed by atoms with E-state index >= 15 is 0 Å². The number of fused-ring (bicyclic) bond motifs is 2. The molecule has 0 saturated heterocycles. The summed E-state index contributed by atoms with van der Waals surface area (Å²) in [6, 6.07) is 32.9. The number of ether oxygens (including phenoxy) is 2. The second-order valence-corrected chi connectivity index (χ2v) is 11.2. The van der Waals surface area contributed by atoms with E-state index in [4.69, 9.17) is 32.5 Å². The van der Waals surface area contributed by atoms with Gasteiger partial charge in [-0.15, -0.1) is 10.2 Å². The third-order valence-electron chi connectivity index (χ3n) is 7.57. The second kappa shape index (κ2) is 15.1. The van der Waals surface area contributed by atoms with Crippen LogP contribution in [0.15, 0.2) is 131 Å². The molecule has 1 aromatic heterocycles. The summed E-state index contributed by atoms with van der Waals surface area (Å²) < 4.78 is 52.3. The third kappa shape index (κ3) is 8.65. The van der Waals surface area contributed by atoms with Crippen LogP contribution in [-0.4, -0.2) is 20.2 Å². The summed E-state index contributed by atoms with van der Waals surface area (Å²) in [4.78, 5) is 2.32. The quantitative estimate of drug-likeness (QED) is 0.169. The fourth-order valence-corrected chi connectivity index (χ4v) is 5.35. The predicted octanol–water partition coefficient (Wildman–Crippen LogP) is 5.02. The standard InChI is InChI=1S/C38H34NO3.ClHO4/c1-4-39(5-2)30-19-21-33-32(34-22-20-31(40-3)26-38(34)42-37(33)25-30)18-12-13-27-23-35(28-14-8-6-9-15-28)41-36(24-27)29-16-10-7-11-17-29;2-1(3,4)5/h6-26H,4-5H2,1-3H3;(H,2,3,4,5)/q+1;/p-1. The van der Waals surface area contributed by atoms with Gasteiger partial charge in [0.1, 0.15) is 17.3 Å². The van der Waals surface area contributed by atoms with Crippen LogP contribution in [-0.2, 0) is 4.74 Å². The summed E-state index contributed by atoms with van der Waals surface area (Å²) >= 11 is 0. The van der Waals surface area contributed by atoms with Crippen molar-refractivity contribution in [2.24, 2.45) is 0 Å². The number of hydrogen-bond acceptors (Lipinski definition) is 7. The lowest BCUT2D eigenvalue weighted by atomic mass is 10.0. The van der Waals surface area contributed by atoms with E-state index in [9.17, 15) is 0 Å². The van der Waals surface area contributed by atoms with E-state index in [-0.39, 0.29) is 0 Å². The van der Waals surface area contributed by atoms with Gasteiger partial charge in [-0.2, -0.15) is 0 Å². The Kier molecular flexibility index (Phi) is 10.7. The van der Waals surface area contributed by atoms with Gasteiger partial charge in [-0.25, -0.2) is 23.1 Å². The highest BCUT2D eigenvalue weighted by atomic mass is 35.7. The summed E-state index contributed by atoms with van der Waals surface area (Å²) in [5, 5.41) is 2.09. The van der Waals surface area contributed by atoms with E-state index in [0.29, 0.717) is 0 Å². The molecular weight excluding hydrogens is 618 g/mol. The highest BCUT2D eigenvalue weighted by molar-refractivity contribution is 6.02. The molecule has 0 saturated carbocycles. The molecular formula is C38H34ClNO7. The van der Waals surface area contributed by atoms with Gasteiger partial charge in [-0.3, -0.25) is 0 Å². The number of nitrogens with zero attached hydrogens (tertiary/aromatic N) is 1. The lowest BCUT2D eigenvalue weighted by Gasteiger charge is -2.20. The number of hydrogen-bond donors (Lipinski definition) is 0. The maximum atomic E-state index is 8.49. The summed E-state index contributed by atoms with van der Waals surface area (Å²) in [6.07, 6.45) is 10.6.